The Kier molecular flexibility index (Phi) is 11.1. The first-order chi connectivity index (χ1) is 11.3. The van der Waals surface area contributed by atoms with Crippen molar-refractivity contribution < 1.29 is 13.9 Å². The first-order valence-electron chi connectivity index (χ1n) is 8.49. The molecule has 7 heteroatoms. The Labute approximate surface area is 162 Å². The monoisotopic (exact) mass is 451 g/mol. The zero-order valence-electron chi connectivity index (χ0n) is 14.7. The maximum atomic E-state index is 5.91. The average molecular weight is 451 g/mol. The molecule has 0 unspecified atom stereocenters. The largest absolute Gasteiger partial charge is 0.467 e. The predicted molar refractivity (Wildman–Crippen MR) is 106 cm³/mol. The number of aliphatic imine (C=N–C) groups is 1. The van der Waals surface area contributed by atoms with Gasteiger partial charge in [-0.25, -0.2) is 4.99 Å². The molecule has 0 aliphatic carbocycles. The van der Waals surface area contributed by atoms with Crippen LogP contribution < -0.4 is 5.32 Å². The van der Waals surface area contributed by atoms with Gasteiger partial charge in [0, 0.05) is 40.0 Å². The summed E-state index contributed by atoms with van der Waals surface area (Å²) in [7, 11) is 1.73. The third kappa shape index (κ3) is 7.40. The maximum absolute atomic E-state index is 5.91. The van der Waals surface area contributed by atoms with Gasteiger partial charge in [0.15, 0.2) is 5.96 Å². The highest BCUT2D eigenvalue weighted by atomic mass is 127. The molecule has 1 aliphatic rings. The minimum Gasteiger partial charge on any atom is -0.467 e. The SMILES string of the molecule is CCNC(=NCc1ccco1)N1CCC(OCCCOC)CC1.I. The molecular formula is C17H30IN3O3. The predicted octanol–water partition coefficient (Wildman–Crippen LogP) is 2.88. The normalized spacial score (nSPS) is 16.1. The van der Waals surface area contributed by atoms with Gasteiger partial charge in [-0.1, -0.05) is 0 Å². The van der Waals surface area contributed by atoms with E-state index in [9.17, 15) is 0 Å². The maximum Gasteiger partial charge on any atom is 0.194 e. The molecule has 0 bridgehead atoms. The van der Waals surface area contributed by atoms with E-state index in [-0.39, 0.29) is 24.0 Å². The van der Waals surface area contributed by atoms with Gasteiger partial charge >= 0.3 is 0 Å². The van der Waals surface area contributed by atoms with Crippen molar-refractivity contribution in [1.29, 1.82) is 0 Å². The zero-order valence-corrected chi connectivity index (χ0v) is 17.0. The molecule has 0 aromatic carbocycles. The smallest absolute Gasteiger partial charge is 0.194 e. The van der Waals surface area contributed by atoms with Crippen molar-refractivity contribution in [3.63, 3.8) is 0 Å². The summed E-state index contributed by atoms with van der Waals surface area (Å²) in [5.41, 5.74) is 0. The molecule has 1 saturated heterocycles. The number of methoxy groups -OCH3 is 1. The molecule has 1 aliphatic heterocycles. The van der Waals surface area contributed by atoms with Gasteiger partial charge in [0.1, 0.15) is 12.3 Å². The summed E-state index contributed by atoms with van der Waals surface area (Å²) in [4.78, 5) is 6.98. The van der Waals surface area contributed by atoms with Crippen LogP contribution in [0.3, 0.4) is 0 Å². The number of guanidine groups is 1. The Bertz CT molecular complexity index is 446. The van der Waals surface area contributed by atoms with Crippen molar-refractivity contribution in [1.82, 2.24) is 10.2 Å². The summed E-state index contributed by atoms with van der Waals surface area (Å²) in [6.45, 7) is 7.02. The van der Waals surface area contributed by atoms with Gasteiger partial charge in [-0.2, -0.15) is 0 Å². The molecule has 2 rings (SSSR count). The summed E-state index contributed by atoms with van der Waals surface area (Å²) >= 11 is 0. The van der Waals surface area contributed by atoms with E-state index >= 15 is 0 Å². The van der Waals surface area contributed by atoms with E-state index in [1.807, 2.05) is 12.1 Å². The summed E-state index contributed by atoms with van der Waals surface area (Å²) in [6, 6.07) is 3.84. The molecule has 0 amide bonds. The summed E-state index contributed by atoms with van der Waals surface area (Å²) in [5.74, 6) is 1.85. The number of hydrogen-bond acceptors (Lipinski definition) is 4. The molecule has 1 N–H and O–H groups in total. The summed E-state index contributed by atoms with van der Waals surface area (Å²) in [6.07, 6.45) is 5.08. The lowest BCUT2D eigenvalue weighted by Gasteiger charge is -2.34. The lowest BCUT2D eigenvalue weighted by Crippen LogP contribution is -2.47. The van der Waals surface area contributed by atoms with Crippen molar-refractivity contribution >= 4 is 29.9 Å². The van der Waals surface area contributed by atoms with E-state index in [0.717, 1.165) is 63.8 Å². The van der Waals surface area contributed by atoms with Crippen molar-refractivity contribution in [2.75, 3.05) is 40.0 Å². The Balaban J connectivity index is 0.00000288. The number of hydrogen-bond donors (Lipinski definition) is 1. The first kappa shape index (κ1) is 21.2. The van der Waals surface area contributed by atoms with Gasteiger partial charge in [0.05, 0.1) is 12.4 Å². The van der Waals surface area contributed by atoms with E-state index in [4.69, 9.17) is 13.9 Å². The Morgan fingerprint density at radius 1 is 1.38 bits per heavy atom. The van der Waals surface area contributed by atoms with E-state index in [1.165, 1.54) is 0 Å². The number of nitrogens with zero attached hydrogens (tertiary/aromatic N) is 2. The molecule has 138 valence electrons. The van der Waals surface area contributed by atoms with E-state index < -0.39 is 0 Å². The zero-order chi connectivity index (χ0) is 16.3. The van der Waals surface area contributed by atoms with Crippen molar-refractivity contribution in [2.24, 2.45) is 4.99 Å². The van der Waals surface area contributed by atoms with Crippen molar-refractivity contribution in [2.45, 2.75) is 38.8 Å². The third-order valence-electron chi connectivity index (χ3n) is 3.89. The first-order valence-corrected chi connectivity index (χ1v) is 8.49. The fraction of sp³-hybridized carbons (Fsp3) is 0.706. The standard InChI is InChI=1S/C17H29N3O3.HI/c1-3-18-17(19-14-16-6-4-12-23-16)20-9-7-15(8-10-20)22-13-5-11-21-2;/h4,6,12,15H,3,5,7-11,13-14H2,1-2H3,(H,18,19);1H. The van der Waals surface area contributed by atoms with Gasteiger partial charge in [0.2, 0.25) is 0 Å². The molecule has 0 atom stereocenters. The van der Waals surface area contributed by atoms with E-state index in [1.54, 1.807) is 13.4 Å². The van der Waals surface area contributed by atoms with Crippen LogP contribution in [0.1, 0.15) is 31.9 Å². The van der Waals surface area contributed by atoms with Crippen LogP contribution in [0.4, 0.5) is 0 Å². The number of nitrogens with one attached hydrogen (secondary N) is 1. The fourth-order valence-corrected chi connectivity index (χ4v) is 2.67. The Hall–Kier alpha value is -0.800. The Morgan fingerprint density at radius 2 is 2.17 bits per heavy atom. The van der Waals surface area contributed by atoms with E-state index in [0.29, 0.717) is 12.6 Å². The van der Waals surface area contributed by atoms with Gasteiger partial charge < -0.3 is 24.1 Å². The topological polar surface area (TPSA) is 59.2 Å². The van der Waals surface area contributed by atoms with Crippen LogP contribution in [0.25, 0.3) is 0 Å². The quantitative estimate of drug-likeness (QED) is 0.285. The van der Waals surface area contributed by atoms with Crippen LogP contribution in [-0.4, -0.2) is 56.9 Å². The number of furan rings is 1. The molecule has 0 saturated carbocycles. The molecule has 6 nitrogen and oxygen atoms in total. The fourth-order valence-electron chi connectivity index (χ4n) is 2.67. The molecule has 0 radical (unpaired) electrons. The van der Waals surface area contributed by atoms with Gasteiger partial charge in [0.25, 0.3) is 0 Å². The van der Waals surface area contributed by atoms with Gasteiger partial charge in [-0.15, -0.1) is 24.0 Å². The van der Waals surface area contributed by atoms with Crippen LogP contribution in [0.5, 0.6) is 0 Å². The molecule has 2 heterocycles. The molecule has 1 aromatic rings. The van der Waals surface area contributed by atoms with Crippen molar-refractivity contribution in [3.05, 3.63) is 24.2 Å². The van der Waals surface area contributed by atoms with Gasteiger partial charge in [-0.3, -0.25) is 0 Å². The molecular weight excluding hydrogens is 421 g/mol. The second-order valence-corrected chi connectivity index (χ2v) is 5.65. The highest BCUT2D eigenvalue weighted by molar-refractivity contribution is 14.0. The molecule has 24 heavy (non-hydrogen) atoms. The van der Waals surface area contributed by atoms with Crippen LogP contribution >= 0.6 is 24.0 Å². The lowest BCUT2D eigenvalue weighted by atomic mass is 10.1. The number of ether oxygens (including phenoxy) is 2. The second-order valence-electron chi connectivity index (χ2n) is 5.65. The van der Waals surface area contributed by atoms with Crippen LogP contribution in [-0.2, 0) is 16.0 Å². The average Bonchev–Trinajstić information content (AvgIpc) is 3.10. The highest BCUT2D eigenvalue weighted by Gasteiger charge is 2.21. The lowest BCUT2D eigenvalue weighted by molar-refractivity contribution is 0.00989. The van der Waals surface area contributed by atoms with Crippen LogP contribution in [0.15, 0.2) is 27.8 Å². The summed E-state index contributed by atoms with van der Waals surface area (Å²) in [5, 5.41) is 3.37. The summed E-state index contributed by atoms with van der Waals surface area (Å²) < 4.78 is 16.3. The number of halogens is 1. The highest BCUT2D eigenvalue weighted by Crippen LogP contribution is 2.14. The molecule has 0 spiro atoms. The minimum atomic E-state index is 0. The molecule has 1 fully saturated rings. The third-order valence-corrected chi connectivity index (χ3v) is 3.89. The molecule has 1 aromatic heterocycles. The minimum absolute atomic E-state index is 0. The van der Waals surface area contributed by atoms with Crippen LogP contribution in [0.2, 0.25) is 0 Å². The Morgan fingerprint density at radius 3 is 2.79 bits per heavy atom. The number of piperidine rings is 1. The van der Waals surface area contributed by atoms with Crippen molar-refractivity contribution in [3.8, 4) is 0 Å². The van der Waals surface area contributed by atoms with Gasteiger partial charge in [-0.05, 0) is 38.3 Å². The second kappa shape index (κ2) is 12.5. The van der Waals surface area contributed by atoms with E-state index in [2.05, 4.69) is 22.1 Å². The number of rotatable bonds is 8. The number of likely N-dealkylation sites (tertiary alicyclic amines) is 1. The van der Waals surface area contributed by atoms with Crippen LogP contribution in [0, 0.1) is 0 Å².